The van der Waals surface area contributed by atoms with E-state index in [1.165, 1.54) is 10.8 Å². The molecule has 0 aliphatic heterocycles. The van der Waals surface area contributed by atoms with Gasteiger partial charge in [0.05, 0.1) is 22.5 Å². The molecule has 0 bridgehead atoms. The van der Waals surface area contributed by atoms with Gasteiger partial charge in [0.2, 0.25) is 5.91 Å². The molecule has 0 aliphatic carbocycles. The number of nitrogens with one attached hydrogen (secondary N) is 1. The van der Waals surface area contributed by atoms with Crippen molar-refractivity contribution in [3.63, 3.8) is 0 Å². The second-order valence-electron chi connectivity index (χ2n) is 9.38. The van der Waals surface area contributed by atoms with Crippen molar-refractivity contribution < 1.29 is 14.1 Å². The number of anilines is 1. The van der Waals surface area contributed by atoms with Gasteiger partial charge in [-0.15, -0.1) is 0 Å². The number of fused-ring (bicyclic) bond motifs is 1. The van der Waals surface area contributed by atoms with Crippen LogP contribution in [-0.4, -0.2) is 31.1 Å². The largest absolute Gasteiger partial charge is 0.381 e. The van der Waals surface area contributed by atoms with E-state index in [1.807, 2.05) is 43.5 Å². The third-order valence-corrected chi connectivity index (χ3v) is 6.78. The summed E-state index contributed by atoms with van der Waals surface area (Å²) in [6.45, 7) is 8.13. The molecule has 198 valence electrons. The van der Waals surface area contributed by atoms with Crippen LogP contribution in [0.4, 0.5) is 5.69 Å². The normalized spacial score (nSPS) is 11.2. The monoisotopic (exact) mass is 524 g/mol. The predicted molar refractivity (Wildman–Crippen MR) is 149 cm³/mol. The highest BCUT2D eigenvalue weighted by Gasteiger charge is 2.24. The van der Waals surface area contributed by atoms with Crippen molar-refractivity contribution >= 4 is 28.4 Å². The van der Waals surface area contributed by atoms with Crippen molar-refractivity contribution in [3.8, 4) is 22.5 Å². The lowest BCUT2D eigenvalue weighted by Crippen LogP contribution is -2.17. The molecule has 5 rings (SSSR count). The second kappa shape index (κ2) is 9.71. The number of rotatable bonds is 6. The second-order valence-corrected chi connectivity index (χ2v) is 9.38. The Labute approximate surface area is 224 Å². The molecule has 4 aromatic heterocycles. The Balaban J connectivity index is 1.61. The molecule has 2 amide bonds. The zero-order chi connectivity index (χ0) is 28.0. The van der Waals surface area contributed by atoms with E-state index < -0.39 is 11.8 Å². The number of nitrogens with two attached hydrogens (primary N) is 1. The number of aromatic nitrogens is 4. The number of hydrogen-bond acceptors (Lipinski definition) is 6. The molecule has 0 fully saturated rings. The van der Waals surface area contributed by atoms with Gasteiger partial charge in [-0.25, -0.2) is 4.98 Å². The summed E-state index contributed by atoms with van der Waals surface area (Å²) in [5, 5.41) is 3.74. The van der Waals surface area contributed by atoms with Crippen LogP contribution in [0.15, 0.2) is 58.0 Å². The average molecular weight is 525 g/mol. The van der Waals surface area contributed by atoms with Crippen LogP contribution in [0.2, 0.25) is 0 Å². The fourth-order valence-corrected chi connectivity index (χ4v) is 5.02. The van der Waals surface area contributed by atoms with Crippen LogP contribution in [0.25, 0.3) is 33.4 Å². The Hall–Kier alpha value is -4.99. The van der Waals surface area contributed by atoms with E-state index in [4.69, 9.17) is 15.2 Å². The molecule has 0 saturated heterocycles. The fourth-order valence-electron chi connectivity index (χ4n) is 5.02. The summed E-state index contributed by atoms with van der Waals surface area (Å²) in [7, 11) is 1.57. The molecule has 39 heavy (non-hydrogen) atoms. The molecular formula is C29H28N6O4. The van der Waals surface area contributed by atoms with Gasteiger partial charge in [0.25, 0.3) is 11.5 Å². The molecule has 0 atom stereocenters. The summed E-state index contributed by atoms with van der Waals surface area (Å²) in [5.41, 5.74) is 11.2. The molecule has 0 saturated carbocycles. The number of hydrogen-bond donors (Lipinski definition) is 2. The number of amides is 2. The first-order valence-corrected chi connectivity index (χ1v) is 12.5. The summed E-state index contributed by atoms with van der Waals surface area (Å²) >= 11 is 0. The molecule has 10 nitrogen and oxygen atoms in total. The van der Waals surface area contributed by atoms with Gasteiger partial charge in [-0.05, 0) is 63.6 Å². The molecule has 4 heterocycles. The zero-order valence-corrected chi connectivity index (χ0v) is 22.3. The van der Waals surface area contributed by atoms with Gasteiger partial charge in [-0.1, -0.05) is 12.1 Å². The summed E-state index contributed by atoms with van der Waals surface area (Å²) in [5.74, 6) is -0.461. The van der Waals surface area contributed by atoms with Crippen LogP contribution in [0.5, 0.6) is 0 Å². The lowest BCUT2D eigenvalue weighted by atomic mass is 10.1. The smallest absolute Gasteiger partial charge is 0.290 e. The number of carbonyl (C=O) groups excluding carboxylic acids is 2. The number of benzene rings is 1. The molecule has 3 N–H and O–H groups in total. The first kappa shape index (κ1) is 25.7. The highest BCUT2D eigenvalue weighted by molar-refractivity contribution is 6.12. The van der Waals surface area contributed by atoms with Gasteiger partial charge in [0.1, 0.15) is 5.76 Å². The van der Waals surface area contributed by atoms with Crippen LogP contribution in [0.1, 0.15) is 44.8 Å². The van der Waals surface area contributed by atoms with Crippen molar-refractivity contribution in [2.45, 2.75) is 34.2 Å². The van der Waals surface area contributed by atoms with E-state index in [1.54, 1.807) is 38.4 Å². The van der Waals surface area contributed by atoms with E-state index >= 15 is 0 Å². The van der Waals surface area contributed by atoms with Crippen molar-refractivity contribution in [1.29, 1.82) is 0 Å². The van der Waals surface area contributed by atoms with Gasteiger partial charge >= 0.3 is 0 Å². The van der Waals surface area contributed by atoms with Crippen LogP contribution >= 0.6 is 0 Å². The molecular weight excluding hydrogens is 496 g/mol. The quantitative estimate of drug-likeness (QED) is 0.339. The van der Waals surface area contributed by atoms with E-state index in [2.05, 4.69) is 10.3 Å². The lowest BCUT2D eigenvalue weighted by molar-refractivity contribution is 0.0995. The Bertz CT molecular complexity index is 1830. The average Bonchev–Trinajstić information content (AvgIpc) is 3.34. The number of aryl methyl sites for hydroxylation is 5. The summed E-state index contributed by atoms with van der Waals surface area (Å²) < 4.78 is 8.64. The van der Waals surface area contributed by atoms with E-state index in [0.717, 1.165) is 16.6 Å². The van der Waals surface area contributed by atoms with Gasteiger partial charge in [0.15, 0.2) is 5.69 Å². The summed E-state index contributed by atoms with van der Waals surface area (Å²) in [4.78, 5) is 46.9. The van der Waals surface area contributed by atoms with E-state index in [9.17, 15) is 14.4 Å². The third-order valence-electron chi connectivity index (χ3n) is 6.78. The van der Waals surface area contributed by atoms with Gasteiger partial charge < -0.3 is 20.1 Å². The minimum absolute atomic E-state index is 0.223. The van der Waals surface area contributed by atoms with Crippen molar-refractivity contribution in [1.82, 2.24) is 19.3 Å². The maximum atomic E-state index is 13.5. The Morgan fingerprint density at radius 3 is 2.49 bits per heavy atom. The molecule has 10 heteroatoms. The third kappa shape index (κ3) is 4.39. The van der Waals surface area contributed by atoms with Crippen LogP contribution in [-0.2, 0) is 13.6 Å². The summed E-state index contributed by atoms with van der Waals surface area (Å²) in [6, 6.07) is 12.1. The van der Waals surface area contributed by atoms with E-state index in [-0.39, 0.29) is 11.3 Å². The van der Waals surface area contributed by atoms with E-state index in [0.29, 0.717) is 51.6 Å². The highest BCUT2D eigenvalue weighted by Crippen LogP contribution is 2.35. The molecule has 0 unspecified atom stereocenters. The van der Waals surface area contributed by atoms with Gasteiger partial charge in [-0.2, -0.15) is 4.74 Å². The minimum atomic E-state index is -0.580. The van der Waals surface area contributed by atoms with Crippen molar-refractivity contribution in [2.24, 2.45) is 12.8 Å². The maximum Gasteiger partial charge on any atom is 0.290 e. The summed E-state index contributed by atoms with van der Waals surface area (Å²) in [6.07, 6.45) is 1.66. The van der Waals surface area contributed by atoms with Gasteiger partial charge in [0, 0.05) is 47.7 Å². The molecule has 0 radical (unpaired) electrons. The minimum Gasteiger partial charge on any atom is -0.381 e. The van der Waals surface area contributed by atoms with Crippen LogP contribution in [0.3, 0.4) is 0 Å². The lowest BCUT2D eigenvalue weighted by Gasteiger charge is -2.12. The first-order valence-electron chi connectivity index (χ1n) is 12.5. The van der Waals surface area contributed by atoms with Crippen LogP contribution in [0, 0.1) is 20.8 Å². The predicted octanol–water partition coefficient (Wildman–Crippen LogP) is 4.35. The fraction of sp³-hybridized carbons (Fsp3) is 0.207. The van der Waals surface area contributed by atoms with Crippen molar-refractivity contribution in [2.75, 3.05) is 5.32 Å². The number of pyridine rings is 2. The van der Waals surface area contributed by atoms with Crippen molar-refractivity contribution in [3.05, 3.63) is 87.3 Å². The zero-order valence-electron chi connectivity index (χ0n) is 22.3. The van der Waals surface area contributed by atoms with Gasteiger partial charge in [-0.3, -0.25) is 19.4 Å². The molecule has 0 aliphatic rings. The number of nitrogens with zero attached hydrogens (tertiary/aromatic N) is 4. The Morgan fingerprint density at radius 1 is 1.10 bits per heavy atom. The maximum absolute atomic E-state index is 13.5. The SMILES string of the molecule is CCn1c(-c2ccc(-c3c(C)on(C)c3=O)cn2)c(C)c2cc(C)nc(C(=O)Nc3cccc(C(N)=O)c3)c21. The number of carbonyl (C=O) groups is 2. The Kier molecular flexibility index (Phi) is 6.39. The first-order chi connectivity index (χ1) is 18.6. The Morgan fingerprint density at radius 2 is 1.87 bits per heavy atom. The topological polar surface area (TPSA) is 138 Å². The molecule has 0 spiro atoms. The standard InChI is InChI=1S/C29H28N6O4/c1-6-35-25(22-11-10-19(14-31-22)23-17(4)39-34(5)29(23)38)16(3)21-12-15(2)32-24(26(21)35)28(37)33-20-9-7-8-18(13-20)27(30)36/h7-14H,6H2,1-5H3,(H2,30,36)(H,33,37). The highest BCUT2D eigenvalue weighted by atomic mass is 16.5. The number of primary amides is 1. The molecule has 1 aromatic carbocycles. The van der Waals surface area contributed by atoms with Crippen LogP contribution < -0.4 is 16.6 Å². The molecule has 5 aromatic rings.